The minimum atomic E-state index is -1.11. The lowest BCUT2D eigenvalue weighted by molar-refractivity contribution is -0.148. The maximum Gasteiger partial charge on any atom is 0.328 e. The molecule has 0 spiro atoms. The third-order valence-electron chi connectivity index (χ3n) is 1.61. The second-order valence-corrected chi connectivity index (χ2v) is 2.51. The molecule has 0 radical (unpaired) electrons. The van der Waals surface area contributed by atoms with E-state index in [0.29, 0.717) is 5.56 Å². The zero-order chi connectivity index (χ0) is 10.4. The molecule has 0 heterocycles. The fourth-order valence-electron chi connectivity index (χ4n) is 1.00. The number of hydroxylamine groups is 1. The molecule has 1 aromatic rings. The largest absolute Gasteiger partial charge is 0.480 e. The smallest absolute Gasteiger partial charge is 0.328 e. The summed E-state index contributed by atoms with van der Waals surface area (Å²) in [4.78, 5) is 24.8. The number of aliphatic carboxylic acids is 1. The van der Waals surface area contributed by atoms with Gasteiger partial charge in [-0.1, -0.05) is 30.3 Å². The second-order valence-electron chi connectivity index (χ2n) is 2.51. The first-order chi connectivity index (χ1) is 6.75. The molecule has 0 bridgehead atoms. The number of rotatable bonds is 5. The van der Waals surface area contributed by atoms with E-state index < -0.39 is 12.0 Å². The molecule has 1 unspecified atom stereocenters. The van der Waals surface area contributed by atoms with Crippen LogP contribution in [-0.4, -0.2) is 17.5 Å². The first-order valence-corrected chi connectivity index (χ1v) is 3.88. The van der Waals surface area contributed by atoms with Crippen molar-refractivity contribution in [2.24, 2.45) is 0 Å². The van der Waals surface area contributed by atoms with Crippen LogP contribution in [0, 0.1) is 0 Å². The fourth-order valence-corrected chi connectivity index (χ4v) is 1.00. The van der Waals surface area contributed by atoms with E-state index in [9.17, 15) is 9.59 Å². The number of hydrogen-bond donors (Lipinski definition) is 2. The highest BCUT2D eigenvalue weighted by Gasteiger charge is 2.19. The highest BCUT2D eigenvalue weighted by Crippen LogP contribution is 2.11. The standard InChI is InChI=1S/C9H9NO4/c11-6-14-10-8(9(12)13)7-4-2-1-3-5-7/h1-6,8,10H,(H,12,13). The van der Waals surface area contributed by atoms with E-state index in [1.807, 2.05) is 0 Å². The van der Waals surface area contributed by atoms with Crippen molar-refractivity contribution in [1.29, 1.82) is 0 Å². The fraction of sp³-hybridized carbons (Fsp3) is 0.111. The summed E-state index contributed by atoms with van der Waals surface area (Å²) < 4.78 is 0. The normalized spacial score (nSPS) is 11.7. The molecule has 2 N–H and O–H groups in total. The zero-order valence-corrected chi connectivity index (χ0v) is 7.21. The molecule has 5 heteroatoms. The van der Waals surface area contributed by atoms with Crippen LogP contribution in [0.1, 0.15) is 11.6 Å². The average Bonchev–Trinajstić information content (AvgIpc) is 2.19. The van der Waals surface area contributed by atoms with Crippen LogP contribution in [0.5, 0.6) is 0 Å². The predicted molar refractivity (Wildman–Crippen MR) is 47.1 cm³/mol. The Morgan fingerprint density at radius 1 is 1.43 bits per heavy atom. The van der Waals surface area contributed by atoms with Gasteiger partial charge in [-0.25, -0.2) is 0 Å². The third kappa shape index (κ3) is 2.56. The molecular weight excluding hydrogens is 186 g/mol. The molecule has 1 aromatic carbocycles. The number of carbonyl (C=O) groups excluding carboxylic acids is 1. The van der Waals surface area contributed by atoms with Gasteiger partial charge in [0.25, 0.3) is 0 Å². The number of carboxylic acid groups (broad SMARTS) is 1. The van der Waals surface area contributed by atoms with Crippen molar-refractivity contribution in [3.63, 3.8) is 0 Å². The van der Waals surface area contributed by atoms with E-state index in [-0.39, 0.29) is 6.47 Å². The van der Waals surface area contributed by atoms with Crippen molar-refractivity contribution in [2.75, 3.05) is 0 Å². The van der Waals surface area contributed by atoms with Crippen molar-refractivity contribution in [3.05, 3.63) is 35.9 Å². The summed E-state index contributed by atoms with van der Waals surface area (Å²) in [5.74, 6) is -1.11. The topological polar surface area (TPSA) is 75.6 Å². The number of benzene rings is 1. The predicted octanol–water partition coefficient (Wildman–Crippen LogP) is 0.490. The molecular formula is C9H9NO4. The molecule has 0 fully saturated rings. The number of nitrogens with one attached hydrogen (secondary N) is 1. The summed E-state index contributed by atoms with van der Waals surface area (Å²) in [5, 5.41) is 8.79. The Labute approximate surface area is 80.3 Å². The zero-order valence-electron chi connectivity index (χ0n) is 7.21. The van der Waals surface area contributed by atoms with Crippen LogP contribution in [0.15, 0.2) is 30.3 Å². The van der Waals surface area contributed by atoms with Gasteiger partial charge in [-0.3, -0.25) is 9.59 Å². The number of carbonyl (C=O) groups is 2. The lowest BCUT2D eigenvalue weighted by atomic mass is 10.1. The van der Waals surface area contributed by atoms with E-state index >= 15 is 0 Å². The minimum absolute atomic E-state index is 0.138. The average molecular weight is 195 g/mol. The van der Waals surface area contributed by atoms with Crippen LogP contribution in [0.25, 0.3) is 0 Å². The van der Waals surface area contributed by atoms with Gasteiger partial charge in [-0.15, -0.1) is 5.48 Å². The molecule has 1 rings (SSSR count). The van der Waals surface area contributed by atoms with Gasteiger partial charge in [-0.05, 0) is 5.56 Å². The molecule has 0 aromatic heterocycles. The van der Waals surface area contributed by atoms with E-state index in [1.54, 1.807) is 30.3 Å². The first-order valence-electron chi connectivity index (χ1n) is 3.88. The van der Waals surface area contributed by atoms with Gasteiger partial charge in [0.2, 0.25) is 0 Å². The molecule has 0 aliphatic rings. The van der Waals surface area contributed by atoms with Crippen LogP contribution in [0.4, 0.5) is 0 Å². The molecule has 0 saturated heterocycles. The number of carboxylic acids is 1. The van der Waals surface area contributed by atoms with Crippen molar-refractivity contribution in [1.82, 2.24) is 5.48 Å². The highest BCUT2D eigenvalue weighted by molar-refractivity contribution is 5.75. The van der Waals surface area contributed by atoms with Crippen LogP contribution in [0.2, 0.25) is 0 Å². The molecule has 74 valence electrons. The maximum absolute atomic E-state index is 10.7. The molecule has 5 nitrogen and oxygen atoms in total. The van der Waals surface area contributed by atoms with Crippen LogP contribution >= 0.6 is 0 Å². The van der Waals surface area contributed by atoms with Crippen LogP contribution < -0.4 is 5.48 Å². The molecule has 0 aliphatic heterocycles. The van der Waals surface area contributed by atoms with Crippen molar-refractivity contribution >= 4 is 12.4 Å². The Balaban J connectivity index is 2.78. The van der Waals surface area contributed by atoms with Crippen LogP contribution in [0.3, 0.4) is 0 Å². The molecule has 0 amide bonds. The molecule has 0 saturated carbocycles. The summed E-state index contributed by atoms with van der Waals surface area (Å²) >= 11 is 0. The lowest BCUT2D eigenvalue weighted by Gasteiger charge is -2.11. The SMILES string of the molecule is O=CONC(C(=O)O)c1ccccc1. The van der Waals surface area contributed by atoms with Gasteiger partial charge in [0.1, 0.15) is 0 Å². The Hall–Kier alpha value is -1.88. The van der Waals surface area contributed by atoms with E-state index in [0.717, 1.165) is 0 Å². The van der Waals surface area contributed by atoms with Gasteiger partial charge in [0, 0.05) is 0 Å². The highest BCUT2D eigenvalue weighted by atomic mass is 16.7. The quantitative estimate of drug-likeness (QED) is 0.528. The van der Waals surface area contributed by atoms with Gasteiger partial charge >= 0.3 is 12.4 Å². The van der Waals surface area contributed by atoms with Crippen molar-refractivity contribution in [3.8, 4) is 0 Å². The van der Waals surface area contributed by atoms with Crippen molar-refractivity contribution in [2.45, 2.75) is 6.04 Å². The second kappa shape index (κ2) is 4.98. The van der Waals surface area contributed by atoms with Crippen LogP contribution in [-0.2, 0) is 14.4 Å². The van der Waals surface area contributed by atoms with E-state index in [4.69, 9.17) is 5.11 Å². The molecule has 14 heavy (non-hydrogen) atoms. The molecule has 1 atom stereocenters. The Kier molecular flexibility index (Phi) is 3.63. The Morgan fingerprint density at radius 2 is 2.07 bits per heavy atom. The maximum atomic E-state index is 10.7. The molecule has 0 aliphatic carbocycles. The van der Waals surface area contributed by atoms with Gasteiger partial charge < -0.3 is 9.94 Å². The monoisotopic (exact) mass is 195 g/mol. The summed E-state index contributed by atoms with van der Waals surface area (Å²) in [6.07, 6.45) is 0. The summed E-state index contributed by atoms with van der Waals surface area (Å²) in [7, 11) is 0. The van der Waals surface area contributed by atoms with Gasteiger partial charge in [-0.2, -0.15) is 0 Å². The Morgan fingerprint density at radius 3 is 2.57 bits per heavy atom. The van der Waals surface area contributed by atoms with Crippen molar-refractivity contribution < 1.29 is 19.5 Å². The number of hydrogen-bond acceptors (Lipinski definition) is 4. The summed E-state index contributed by atoms with van der Waals surface area (Å²) in [6.45, 7) is 0.138. The minimum Gasteiger partial charge on any atom is -0.480 e. The van der Waals surface area contributed by atoms with Gasteiger partial charge in [0.05, 0.1) is 0 Å². The van der Waals surface area contributed by atoms with E-state index in [2.05, 4.69) is 10.3 Å². The van der Waals surface area contributed by atoms with E-state index in [1.165, 1.54) is 0 Å². The Bertz CT molecular complexity index is 312. The summed E-state index contributed by atoms with van der Waals surface area (Å²) in [6, 6.07) is 7.38. The summed E-state index contributed by atoms with van der Waals surface area (Å²) in [5.41, 5.74) is 2.63. The third-order valence-corrected chi connectivity index (χ3v) is 1.61. The first kappa shape index (κ1) is 10.2. The van der Waals surface area contributed by atoms with Gasteiger partial charge in [0.15, 0.2) is 6.04 Å². The lowest BCUT2D eigenvalue weighted by Crippen LogP contribution is -2.28.